The fourth-order valence-corrected chi connectivity index (χ4v) is 1.93. The van der Waals surface area contributed by atoms with Crippen molar-refractivity contribution in [2.24, 2.45) is 0 Å². The van der Waals surface area contributed by atoms with Gasteiger partial charge in [0, 0.05) is 6.20 Å². The molecule has 2 aromatic rings. The molecule has 4 nitrogen and oxygen atoms in total. The van der Waals surface area contributed by atoms with Crippen molar-refractivity contribution >= 4 is 50.7 Å². The average molecular weight is 347 g/mol. The van der Waals surface area contributed by atoms with Crippen LogP contribution in [0.3, 0.4) is 0 Å². The summed E-state index contributed by atoms with van der Waals surface area (Å²) in [6.45, 7) is 0. The van der Waals surface area contributed by atoms with Gasteiger partial charge in [-0.1, -0.05) is 23.2 Å². The Labute approximate surface area is 121 Å². The summed E-state index contributed by atoms with van der Waals surface area (Å²) >= 11 is 14.8. The summed E-state index contributed by atoms with van der Waals surface area (Å²) in [5, 5.41) is 3.08. The third-order valence-corrected chi connectivity index (χ3v) is 3.18. The topological polar surface area (TPSA) is 54.9 Å². The van der Waals surface area contributed by atoms with E-state index in [4.69, 9.17) is 23.2 Å². The number of rotatable bonds is 2. The van der Waals surface area contributed by atoms with Crippen LogP contribution in [0, 0.1) is 0 Å². The highest BCUT2D eigenvalue weighted by Gasteiger charge is 2.14. The molecule has 0 aromatic carbocycles. The van der Waals surface area contributed by atoms with E-state index in [1.807, 2.05) is 0 Å². The summed E-state index contributed by atoms with van der Waals surface area (Å²) in [5.74, 6) is -0.448. The van der Waals surface area contributed by atoms with Gasteiger partial charge in [-0.2, -0.15) is 0 Å². The highest BCUT2D eigenvalue weighted by molar-refractivity contribution is 9.10. The lowest BCUT2D eigenvalue weighted by Crippen LogP contribution is -2.15. The normalized spacial score (nSPS) is 10.2. The van der Waals surface area contributed by atoms with E-state index in [0.717, 1.165) is 0 Å². The van der Waals surface area contributed by atoms with Crippen LogP contribution in [0.2, 0.25) is 10.2 Å². The Morgan fingerprint density at radius 3 is 2.78 bits per heavy atom. The van der Waals surface area contributed by atoms with Gasteiger partial charge < -0.3 is 5.32 Å². The van der Waals surface area contributed by atoms with Crippen molar-refractivity contribution in [2.45, 2.75) is 0 Å². The van der Waals surface area contributed by atoms with E-state index in [-0.39, 0.29) is 15.9 Å². The molecule has 7 heteroatoms. The minimum atomic E-state index is -0.448. The highest BCUT2D eigenvalue weighted by atomic mass is 79.9. The van der Waals surface area contributed by atoms with Crippen molar-refractivity contribution in [1.29, 1.82) is 0 Å². The molecule has 2 heterocycles. The lowest BCUT2D eigenvalue weighted by atomic mass is 10.3. The van der Waals surface area contributed by atoms with Crippen LogP contribution in [-0.2, 0) is 0 Å². The molecule has 18 heavy (non-hydrogen) atoms. The molecule has 0 radical (unpaired) electrons. The third-order valence-electron chi connectivity index (χ3n) is 2.03. The second-order valence-electron chi connectivity index (χ2n) is 3.26. The fourth-order valence-electron chi connectivity index (χ4n) is 1.24. The number of hydrogen-bond donors (Lipinski definition) is 1. The SMILES string of the molecule is O=C(Nc1cccnc1Br)c1nc(Cl)ccc1Cl. The number of nitrogens with zero attached hydrogens (tertiary/aromatic N) is 2. The second-order valence-corrected chi connectivity index (χ2v) is 4.81. The highest BCUT2D eigenvalue weighted by Crippen LogP contribution is 2.21. The average Bonchev–Trinajstić information content (AvgIpc) is 2.35. The quantitative estimate of drug-likeness (QED) is 0.841. The monoisotopic (exact) mass is 345 g/mol. The number of nitrogens with one attached hydrogen (secondary N) is 1. The summed E-state index contributed by atoms with van der Waals surface area (Å²) in [5.41, 5.74) is 0.597. The van der Waals surface area contributed by atoms with Crippen molar-refractivity contribution in [1.82, 2.24) is 9.97 Å². The van der Waals surface area contributed by atoms with E-state index in [9.17, 15) is 4.79 Å². The van der Waals surface area contributed by atoms with Gasteiger partial charge in [0.2, 0.25) is 0 Å². The van der Waals surface area contributed by atoms with Gasteiger partial charge in [-0.05, 0) is 40.2 Å². The summed E-state index contributed by atoms with van der Waals surface area (Å²) in [6, 6.07) is 6.44. The standard InChI is InChI=1S/C11H6BrCl2N3O/c12-10-7(2-1-5-15-10)16-11(18)9-6(13)3-4-8(14)17-9/h1-5H,(H,16,18). The van der Waals surface area contributed by atoms with E-state index < -0.39 is 5.91 Å². The molecule has 1 amide bonds. The number of carbonyl (C=O) groups excluding carboxylic acids is 1. The van der Waals surface area contributed by atoms with E-state index in [0.29, 0.717) is 10.3 Å². The first-order valence-electron chi connectivity index (χ1n) is 4.82. The van der Waals surface area contributed by atoms with Gasteiger partial charge in [0.25, 0.3) is 5.91 Å². The number of anilines is 1. The summed E-state index contributed by atoms with van der Waals surface area (Å²) in [7, 11) is 0. The third kappa shape index (κ3) is 2.98. The summed E-state index contributed by atoms with van der Waals surface area (Å²) < 4.78 is 0.525. The van der Waals surface area contributed by atoms with Gasteiger partial charge in [-0.25, -0.2) is 9.97 Å². The molecule has 0 saturated carbocycles. The summed E-state index contributed by atoms with van der Waals surface area (Å²) in [6.07, 6.45) is 1.60. The largest absolute Gasteiger partial charge is 0.318 e. The van der Waals surface area contributed by atoms with Crippen LogP contribution in [0.4, 0.5) is 5.69 Å². The van der Waals surface area contributed by atoms with Crippen LogP contribution in [0.25, 0.3) is 0 Å². The Morgan fingerprint density at radius 2 is 2.06 bits per heavy atom. The summed E-state index contributed by atoms with van der Waals surface area (Å²) in [4.78, 5) is 19.8. The van der Waals surface area contributed by atoms with Gasteiger partial charge in [0.1, 0.15) is 15.5 Å². The first-order valence-corrected chi connectivity index (χ1v) is 6.37. The molecule has 1 N–H and O–H groups in total. The molecule has 0 aliphatic carbocycles. The Hall–Kier alpha value is -1.17. The van der Waals surface area contributed by atoms with E-state index in [1.54, 1.807) is 18.3 Å². The number of carbonyl (C=O) groups is 1. The zero-order chi connectivity index (χ0) is 13.1. The van der Waals surface area contributed by atoms with Gasteiger partial charge in [-0.3, -0.25) is 4.79 Å². The van der Waals surface area contributed by atoms with E-state index >= 15 is 0 Å². The van der Waals surface area contributed by atoms with Crippen LogP contribution in [-0.4, -0.2) is 15.9 Å². The van der Waals surface area contributed by atoms with Crippen LogP contribution >= 0.6 is 39.1 Å². The van der Waals surface area contributed by atoms with Gasteiger partial charge in [0.05, 0.1) is 10.7 Å². The lowest BCUT2D eigenvalue weighted by Gasteiger charge is -2.07. The number of aromatic nitrogens is 2. The van der Waals surface area contributed by atoms with Crippen molar-refractivity contribution < 1.29 is 4.79 Å². The Kier molecular flexibility index (Phi) is 4.16. The van der Waals surface area contributed by atoms with Gasteiger partial charge in [0.15, 0.2) is 0 Å². The van der Waals surface area contributed by atoms with Crippen molar-refractivity contribution in [3.05, 3.63) is 50.9 Å². The predicted octanol–water partition coefficient (Wildman–Crippen LogP) is 3.80. The number of hydrogen-bond acceptors (Lipinski definition) is 3. The van der Waals surface area contributed by atoms with Gasteiger partial charge >= 0.3 is 0 Å². The lowest BCUT2D eigenvalue weighted by molar-refractivity contribution is 0.102. The zero-order valence-electron chi connectivity index (χ0n) is 8.82. The van der Waals surface area contributed by atoms with Crippen LogP contribution < -0.4 is 5.32 Å². The van der Waals surface area contributed by atoms with E-state index in [1.165, 1.54) is 12.1 Å². The van der Waals surface area contributed by atoms with Crippen molar-refractivity contribution in [3.8, 4) is 0 Å². The Balaban J connectivity index is 2.28. The molecular formula is C11H6BrCl2N3O. The van der Waals surface area contributed by atoms with Crippen molar-refractivity contribution in [3.63, 3.8) is 0 Å². The maximum atomic E-state index is 12.0. The smallest absolute Gasteiger partial charge is 0.275 e. The molecule has 0 spiro atoms. The minimum absolute atomic E-state index is 0.0694. The molecule has 2 aromatic heterocycles. The number of halogens is 3. The molecule has 0 atom stereocenters. The van der Waals surface area contributed by atoms with E-state index in [2.05, 4.69) is 31.2 Å². The number of amides is 1. The molecule has 0 unspecified atom stereocenters. The maximum absolute atomic E-state index is 12.0. The molecule has 0 bridgehead atoms. The first kappa shape index (κ1) is 13.3. The van der Waals surface area contributed by atoms with Crippen LogP contribution in [0.5, 0.6) is 0 Å². The predicted molar refractivity (Wildman–Crippen MR) is 74.1 cm³/mol. The van der Waals surface area contributed by atoms with Crippen LogP contribution in [0.15, 0.2) is 35.1 Å². The maximum Gasteiger partial charge on any atom is 0.275 e. The molecule has 0 aliphatic rings. The van der Waals surface area contributed by atoms with Gasteiger partial charge in [-0.15, -0.1) is 0 Å². The Bertz CT molecular complexity index is 607. The Morgan fingerprint density at radius 1 is 1.28 bits per heavy atom. The minimum Gasteiger partial charge on any atom is -0.318 e. The molecule has 0 saturated heterocycles. The zero-order valence-corrected chi connectivity index (χ0v) is 11.9. The number of pyridine rings is 2. The molecule has 2 rings (SSSR count). The molecule has 0 aliphatic heterocycles. The first-order chi connectivity index (χ1) is 8.58. The molecular weight excluding hydrogens is 341 g/mol. The molecule has 92 valence electrons. The fraction of sp³-hybridized carbons (Fsp3) is 0. The second kappa shape index (κ2) is 5.65. The van der Waals surface area contributed by atoms with Crippen LogP contribution in [0.1, 0.15) is 10.5 Å². The molecule has 0 fully saturated rings. The van der Waals surface area contributed by atoms with Crippen molar-refractivity contribution in [2.75, 3.05) is 5.32 Å².